The van der Waals surface area contributed by atoms with Gasteiger partial charge < -0.3 is 15.0 Å². The SMILES string of the molecule is COCCN1C(=O)N(c2ccc(F)cc2)C(=O)C1CC(=O)Nc1ccc(F)cc1. The predicted octanol–water partition coefficient (Wildman–Crippen LogP) is 2.78. The van der Waals surface area contributed by atoms with E-state index < -0.39 is 35.5 Å². The molecule has 152 valence electrons. The van der Waals surface area contributed by atoms with Crippen molar-refractivity contribution in [3.63, 3.8) is 0 Å². The molecule has 0 aliphatic carbocycles. The molecule has 1 atom stereocenters. The lowest BCUT2D eigenvalue weighted by Gasteiger charge is -2.21. The minimum Gasteiger partial charge on any atom is -0.383 e. The number of nitrogens with zero attached hydrogens (tertiary/aromatic N) is 2. The van der Waals surface area contributed by atoms with Gasteiger partial charge in [0.15, 0.2) is 0 Å². The molecule has 0 saturated carbocycles. The van der Waals surface area contributed by atoms with Gasteiger partial charge in [-0.05, 0) is 48.5 Å². The number of amides is 4. The highest BCUT2D eigenvalue weighted by molar-refractivity contribution is 6.22. The van der Waals surface area contributed by atoms with Crippen molar-refractivity contribution in [1.29, 1.82) is 0 Å². The third-order valence-electron chi connectivity index (χ3n) is 4.45. The molecule has 1 saturated heterocycles. The largest absolute Gasteiger partial charge is 0.383 e. The van der Waals surface area contributed by atoms with Crippen molar-refractivity contribution >= 4 is 29.2 Å². The van der Waals surface area contributed by atoms with Crippen LogP contribution in [-0.2, 0) is 14.3 Å². The quantitative estimate of drug-likeness (QED) is 0.721. The Bertz CT molecular complexity index is 903. The second kappa shape index (κ2) is 8.78. The molecule has 1 fully saturated rings. The average Bonchev–Trinajstić information content (AvgIpc) is 2.92. The molecule has 1 unspecified atom stereocenters. The van der Waals surface area contributed by atoms with E-state index in [0.29, 0.717) is 5.69 Å². The van der Waals surface area contributed by atoms with E-state index in [0.717, 1.165) is 17.0 Å². The standard InChI is InChI=1S/C20H19F2N3O4/c1-29-11-10-24-17(12-18(26)23-15-6-2-13(21)3-7-15)19(27)25(20(24)28)16-8-4-14(22)5-9-16/h2-9,17H,10-12H2,1H3,(H,23,26). The number of benzene rings is 2. The molecule has 1 aliphatic heterocycles. The van der Waals surface area contributed by atoms with Crippen molar-refractivity contribution in [2.75, 3.05) is 30.5 Å². The summed E-state index contributed by atoms with van der Waals surface area (Å²) in [6, 6.07) is 8.45. The number of carbonyl (C=O) groups excluding carboxylic acids is 3. The van der Waals surface area contributed by atoms with E-state index in [-0.39, 0.29) is 25.3 Å². The molecule has 0 radical (unpaired) electrons. The van der Waals surface area contributed by atoms with Crippen LogP contribution in [0.4, 0.5) is 25.0 Å². The summed E-state index contributed by atoms with van der Waals surface area (Å²) in [6.45, 7) is 0.277. The summed E-state index contributed by atoms with van der Waals surface area (Å²) in [7, 11) is 1.45. The predicted molar refractivity (Wildman–Crippen MR) is 101 cm³/mol. The van der Waals surface area contributed by atoms with Crippen LogP contribution < -0.4 is 10.2 Å². The van der Waals surface area contributed by atoms with Gasteiger partial charge in [0.25, 0.3) is 5.91 Å². The number of anilines is 2. The Morgan fingerprint density at radius 1 is 1.03 bits per heavy atom. The third-order valence-corrected chi connectivity index (χ3v) is 4.45. The Kier molecular flexibility index (Phi) is 6.18. The van der Waals surface area contributed by atoms with Gasteiger partial charge in [-0.15, -0.1) is 0 Å². The molecule has 1 N–H and O–H groups in total. The second-order valence-corrected chi connectivity index (χ2v) is 6.39. The molecule has 0 aromatic heterocycles. The number of urea groups is 1. The summed E-state index contributed by atoms with van der Waals surface area (Å²) < 4.78 is 31.2. The first-order chi connectivity index (χ1) is 13.9. The molecule has 1 heterocycles. The normalized spacial score (nSPS) is 16.4. The number of hydrogen-bond donors (Lipinski definition) is 1. The zero-order valence-corrected chi connectivity index (χ0v) is 15.6. The van der Waals surface area contributed by atoms with Crippen LogP contribution in [0.25, 0.3) is 0 Å². The van der Waals surface area contributed by atoms with Crippen molar-refractivity contribution < 1.29 is 27.9 Å². The molecular weight excluding hydrogens is 384 g/mol. The number of ether oxygens (including phenoxy) is 1. The van der Waals surface area contributed by atoms with Gasteiger partial charge in [0.05, 0.1) is 18.7 Å². The summed E-state index contributed by atoms with van der Waals surface area (Å²) in [4.78, 5) is 40.3. The zero-order valence-electron chi connectivity index (χ0n) is 15.6. The van der Waals surface area contributed by atoms with E-state index in [9.17, 15) is 23.2 Å². The number of hydrogen-bond acceptors (Lipinski definition) is 4. The van der Waals surface area contributed by atoms with Gasteiger partial charge in [-0.3, -0.25) is 9.59 Å². The van der Waals surface area contributed by atoms with Crippen molar-refractivity contribution in [1.82, 2.24) is 4.90 Å². The smallest absolute Gasteiger partial charge is 0.332 e. The lowest BCUT2D eigenvalue weighted by Crippen LogP contribution is -2.39. The van der Waals surface area contributed by atoms with Crippen molar-refractivity contribution in [2.24, 2.45) is 0 Å². The van der Waals surface area contributed by atoms with E-state index >= 15 is 0 Å². The van der Waals surface area contributed by atoms with Gasteiger partial charge in [-0.1, -0.05) is 0 Å². The molecule has 0 spiro atoms. The molecule has 7 nitrogen and oxygen atoms in total. The van der Waals surface area contributed by atoms with Crippen LogP contribution in [0, 0.1) is 11.6 Å². The van der Waals surface area contributed by atoms with Crippen LogP contribution in [0.15, 0.2) is 48.5 Å². The Hall–Kier alpha value is -3.33. The molecule has 4 amide bonds. The van der Waals surface area contributed by atoms with Crippen molar-refractivity contribution in [2.45, 2.75) is 12.5 Å². The molecule has 29 heavy (non-hydrogen) atoms. The number of carbonyl (C=O) groups is 3. The molecule has 2 aromatic rings. The molecule has 3 rings (SSSR count). The van der Waals surface area contributed by atoms with Crippen molar-refractivity contribution in [3.05, 3.63) is 60.2 Å². The van der Waals surface area contributed by atoms with E-state index in [4.69, 9.17) is 4.74 Å². The minimum atomic E-state index is -1.04. The minimum absolute atomic E-state index is 0.104. The summed E-state index contributed by atoms with van der Waals surface area (Å²) >= 11 is 0. The van der Waals surface area contributed by atoms with Gasteiger partial charge in [0.2, 0.25) is 5.91 Å². The number of rotatable bonds is 7. The summed E-state index contributed by atoms with van der Waals surface area (Å²) in [5.41, 5.74) is 0.581. The van der Waals surface area contributed by atoms with Crippen LogP contribution in [0.1, 0.15) is 6.42 Å². The fourth-order valence-corrected chi connectivity index (χ4v) is 3.03. The fourth-order valence-electron chi connectivity index (χ4n) is 3.03. The van der Waals surface area contributed by atoms with E-state index in [2.05, 4.69) is 5.32 Å². The van der Waals surface area contributed by atoms with Gasteiger partial charge in [-0.25, -0.2) is 18.5 Å². The van der Waals surface area contributed by atoms with Gasteiger partial charge in [0, 0.05) is 19.3 Å². The van der Waals surface area contributed by atoms with Crippen molar-refractivity contribution in [3.8, 4) is 0 Å². The highest BCUT2D eigenvalue weighted by atomic mass is 19.1. The lowest BCUT2D eigenvalue weighted by molar-refractivity contribution is -0.124. The number of nitrogens with one attached hydrogen (secondary N) is 1. The molecule has 9 heteroatoms. The number of methoxy groups -OCH3 is 1. The van der Waals surface area contributed by atoms with Gasteiger partial charge >= 0.3 is 6.03 Å². The molecular formula is C20H19F2N3O4. The molecule has 0 bridgehead atoms. The Morgan fingerprint density at radius 2 is 1.62 bits per heavy atom. The van der Waals surface area contributed by atoms with Crippen LogP contribution in [0.5, 0.6) is 0 Å². The van der Waals surface area contributed by atoms with Crippen LogP contribution in [-0.4, -0.2) is 49.0 Å². The summed E-state index contributed by atoms with van der Waals surface area (Å²) in [5, 5.41) is 2.57. The highest BCUT2D eigenvalue weighted by Crippen LogP contribution is 2.27. The first kappa shape index (κ1) is 20.4. The first-order valence-electron chi connectivity index (χ1n) is 8.85. The third kappa shape index (κ3) is 4.57. The number of imide groups is 1. The second-order valence-electron chi connectivity index (χ2n) is 6.39. The molecule has 1 aliphatic rings. The first-order valence-corrected chi connectivity index (χ1v) is 8.85. The number of halogens is 2. The Labute approximate surface area is 165 Å². The van der Waals surface area contributed by atoms with E-state index in [1.54, 1.807) is 0 Å². The van der Waals surface area contributed by atoms with Crippen LogP contribution in [0.2, 0.25) is 0 Å². The Balaban J connectivity index is 1.79. The maximum atomic E-state index is 13.2. The van der Waals surface area contributed by atoms with Gasteiger partial charge in [-0.2, -0.15) is 0 Å². The fraction of sp³-hybridized carbons (Fsp3) is 0.250. The Morgan fingerprint density at radius 3 is 2.21 bits per heavy atom. The zero-order chi connectivity index (χ0) is 21.0. The van der Waals surface area contributed by atoms with Gasteiger partial charge in [0.1, 0.15) is 17.7 Å². The lowest BCUT2D eigenvalue weighted by atomic mass is 10.1. The summed E-state index contributed by atoms with van der Waals surface area (Å²) in [5.74, 6) is -2.04. The summed E-state index contributed by atoms with van der Waals surface area (Å²) in [6.07, 6.45) is -0.288. The van der Waals surface area contributed by atoms with E-state index in [1.807, 2.05) is 0 Å². The molecule has 2 aromatic carbocycles. The average molecular weight is 403 g/mol. The monoisotopic (exact) mass is 403 g/mol. The van der Waals surface area contributed by atoms with Crippen LogP contribution >= 0.6 is 0 Å². The maximum Gasteiger partial charge on any atom is 0.332 e. The maximum absolute atomic E-state index is 13.2. The highest BCUT2D eigenvalue weighted by Gasteiger charge is 2.46. The van der Waals surface area contributed by atoms with Crippen LogP contribution in [0.3, 0.4) is 0 Å². The topological polar surface area (TPSA) is 79.0 Å². The van der Waals surface area contributed by atoms with E-state index in [1.165, 1.54) is 48.4 Å².